The van der Waals surface area contributed by atoms with Crippen LogP contribution in [-0.4, -0.2) is 11.7 Å². The second kappa shape index (κ2) is 8.97. The smallest absolute Gasteiger partial charge is 0.290 e. The fourth-order valence-electron chi connectivity index (χ4n) is 3.29. The summed E-state index contributed by atoms with van der Waals surface area (Å²) in [6.45, 7) is 0.156. The molecule has 0 unspecified atom stereocenters. The Morgan fingerprint density at radius 2 is 1.23 bits per heavy atom. The predicted octanol–water partition coefficient (Wildman–Crippen LogP) is 4.51. The lowest BCUT2D eigenvalue weighted by Crippen LogP contribution is -2.39. The summed E-state index contributed by atoms with van der Waals surface area (Å²) in [7, 11) is 0. The standard InChI is InChI=1S/C26H20N2O2/c29-25(27-24-14-8-7-13-23(24)20-9-3-1-4-10-20)19-28-17-15-22(16-18-28)26(30)21-11-5-2-6-12-21/h1-18H,19H2/p+1. The number of anilines is 1. The summed E-state index contributed by atoms with van der Waals surface area (Å²) in [4.78, 5) is 25.1. The average Bonchev–Trinajstić information content (AvgIpc) is 2.80. The summed E-state index contributed by atoms with van der Waals surface area (Å²) in [5, 5.41) is 2.99. The highest BCUT2D eigenvalue weighted by Crippen LogP contribution is 2.27. The molecule has 0 aliphatic heterocycles. The fourth-order valence-corrected chi connectivity index (χ4v) is 3.29. The van der Waals surface area contributed by atoms with E-state index in [4.69, 9.17) is 0 Å². The molecule has 0 aliphatic carbocycles. The number of carbonyl (C=O) groups excluding carboxylic acids is 2. The summed E-state index contributed by atoms with van der Waals surface area (Å²) >= 11 is 0. The van der Waals surface area contributed by atoms with E-state index in [-0.39, 0.29) is 18.2 Å². The molecule has 0 fully saturated rings. The van der Waals surface area contributed by atoms with Gasteiger partial charge in [0.1, 0.15) is 0 Å². The van der Waals surface area contributed by atoms with Gasteiger partial charge in [-0.25, -0.2) is 0 Å². The van der Waals surface area contributed by atoms with Crippen molar-refractivity contribution in [2.24, 2.45) is 0 Å². The van der Waals surface area contributed by atoms with E-state index >= 15 is 0 Å². The van der Waals surface area contributed by atoms with Gasteiger partial charge in [0.2, 0.25) is 6.54 Å². The quantitative estimate of drug-likeness (QED) is 0.387. The van der Waals surface area contributed by atoms with E-state index in [9.17, 15) is 9.59 Å². The van der Waals surface area contributed by atoms with Gasteiger partial charge in [-0.2, -0.15) is 4.57 Å². The Morgan fingerprint density at radius 3 is 1.93 bits per heavy atom. The summed E-state index contributed by atoms with van der Waals surface area (Å²) in [5.74, 6) is -0.172. The van der Waals surface area contributed by atoms with Crippen LogP contribution in [0, 0.1) is 0 Å². The Hall–Kier alpha value is -4.05. The summed E-state index contributed by atoms with van der Waals surface area (Å²) < 4.78 is 1.75. The molecule has 0 atom stereocenters. The molecule has 4 rings (SSSR count). The van der Waals surface area contributed by atoms with Crippen LogP contribution in [0.5, 0.6) is 0 Å². The number of aromatic nitrogens is 1. The van der Waals surface area contributed by atoms with Crippen LogP contribution in [0.25, 0.3) is 11.1 Å². The molecule has 1 heterocycles. The Morgan fingerprint density at radius 1 is 0.667 bits per heavy atom. The molecule has 0 aliphatic rings. The predicted molar refractivity (Wildman–Crippen MR) is 117 cm³/mol. The number of carbonyl (C=O) groups is 2. The van der Waals surface area contributed by atoms with Gasteiger partial charge >= 0.3 is 0 Å². The van der Waals surface area contributed by atoms with Crippen molar-refractivity contribution in [2.75, 3.05) is 5.32 Å². The van der Waals surface area contributed by atoms with Crippen molar-refractivity contribution >= 4 is 17.4 Å². The zero-order valence-corrected chi connectivity index (χ0v) is 16.4. The number of para-hydroxylation sites is 1. The fraction of sp³-hybridized carbons (Fsp3) is 0.0385. The zero-order valence-electron chi connectivity index (χ0n) is 16.4. The third kappa shape index (κ3) is 4.50. The first-order valence-electron chi connectivity index (χ1n) is 9.74. The van der Waals surface area contributed by atoms with E-state index in [0.29, 0.717) is 11.1 Å². The van der Waals surface area contributed by atoms with Crippen LogP contribution in [0.15, 0.2) is 109 Å². The van der Waals surface area contributed by atoms with Crippen molar-refractivity contribution in [2.45, 2.75) is 6.54 Å². The molecule has 4 aromatic rings. The van der Waals surface area contributed by atoms with Gasteiger partial charge < -0.3 is 5.32 Å². The van der Waals surface area contributed by atoms with Crippen LogP contribution in [0.3, 0.4) is 0 Å². The van der Waals surface area contributed by atoms with Gasteiger partial charge in [-0.1, -0.05) is 78.9 Å². The molecule has 0 bridgehead atoms. The molecule has 4 heteroatoms. The van der Waals surface area contributed by atoms with Gasteiger partial charge in [0, 0.05) is 34.5 Å². The molecule has 1 aromatic heterocycles. The second-order valence-corrected chi connectivity index (χ2v) is 6.91. The Labute approximate surface area is 175 Å². The topological polar surface area (TPSA) is 50.0 Å². The largest absolute Gasteiger partial charge is 0.320 e. The van der Waals surface area contributed by atoms with Crippen LogP contribution in [0.4, 0.5) is 5.69 Å². The second-order valence-electron chi connectivity index (χ2n) is 6.91. The summed E-state index contributed by atoms with van der Waals surface area (Å²) in [5.41, 5.74) is 4.02. The molecule has 146 valence electrons. The first kappa shape index (κ1) is 19.3. The molecule has 0 saturated heterocycles. The van der Waals surface area contributed by atoms with Gasteiger partial charge in [0.25, 0.3) is 5.91 Å². The number of nitrogens with one attached hydrogen (secondary N) is 1. The maximum absolute atomic E-state index is 12.6. The third-order valence-corrected chi connectivity index (χ3v) is 4.80. The first-order valence-corrected chi connectivity index (χ1v) is 9.74. The van der Waals surface area contributed by atoms with Crippen molar-refractivity contribution in [3.63, 3.8) is 0 Å². The Balaban J connectivity index is 1.45. The summed E-state index contributed by atoms with van der Waals surface area (Å²) in [6.07, 6.45) is 3.50. The van der Waals surface area contributed by atoms with E-state index in [1.807, 2.05) is 72.8 Å². The van der Waals surface area contributed by atoms with Gasteiger partial charge in [0.05, 0.1) is 0 Å². The van der Waals surface area contributed by atoms with Gasteiger partial charge in [-0.3, -0.25) is 9.59 Å². The minimum atomic E-state index is -0.134. The molecule has 0 spiro atoms. The van der Waals surface area contributed by atoms with Crippen LogP contribution in [-0.2, 0) is 11.3 Å². The van der Waals surface area contributed by atoms with Crippen molar-refractivity contribution in [1.82, 2.24) is 0 Å². The van der Waals surface area contributed by atoms with Crippen LogP contribution < -0.4 is 9.88 Å². The highest BCUT2D eigenvalue weighted by molar-refractivity contribution is 6.08. The molecule has 4 nitrogen and oxygen atoms in total. The van der Waals surface area contributed by atoms with E-state index in [1.54, 1.807) is 41.2 Å². The molecule has 1 amide bonds. The van der Waals surface area contributed by atoms with E-state index in [1.165, 1.54) is 0 Å². The van der Waals surface area contributed by atoms with Gasteiger partial charge in [-0.15, -0.1) is 0 Å². The van der Waals surface area contributed by atoms with E-state index in [2.05, 4.69) is 5.32 Å². The highest BCUT2D eigenvalue weighted by Gasteiger charge is 2.14. The molecule has 30 heavy (non-hydrogen) atoms. The number of hydrogen-bond donors (Lipinski definition) is 1. The maximum atomic E-state index is 12.6. The van der Waals surface area contributed by atoms with Crippen LogP contribution in [0.1, 0.15) is 15.9 Å². The number of benzene rings is 3. The lowest BCUT2D eigenvalue weighted by molar-refractivity contribution is -0.684. The number of pyridine rings is 1. The SMILES string of the molecule is O=C(C[n+]1ccc(C(=O)c2ccccc2)cc1)Nc1ccccc1-c1ccccc1. The first-order chi connectivity index (χ1) is 14.7. The van der Waals surface area contributed by atoms with Crippen LogP contribution >= 0.6 is 0 Å². The normalized spacial score (nSPS) is 10.4. The molecular formula is C26H21N2O2+. The van der Waals surface area contributed by atoms with Crippen molar-refractivity contribution in [1.29, 1.82) is 0 Å². The molecule has 3 aromatic carbocycles. The molecule has 0 radical (unpaired) electrons. The summed E-state index contributed by atoms with van der Waals surface area (Å²) in [6, 6.07) is 30.3. The number of rotatable bonds is 6. The Kier molecular flexibility index (Phi) is 5.76. The minimum Gasteiger partial charge on any atom is -0.320 e. The van der Waals surface area contributed by atoms with E-state index in [0.717, 1.165) is 16.8 Å². The lowest BCUT2D eigenvalue weighted by atomic mass is 10.0. The number of nitrogens with zero attached hydrogens (tertiary/aromatic N) is 1. The van der Waals surface area contributed by atoms with Crippen LogP contribution in [0.2, 0.25) is 0 Å². The van der Waals surface area contributed by atoms with Gasteiger partial charge in [-0.05, 0) is 11.6 Å². The van der Waals surface area contributed by atoms with Crippen molar-refractivity contribution in [3.8, 4) is 11.1 Å². The Bertz CT molecular complexity index is 1150. The highest BCUT2D eigenvalue weighted by atomic mass is 16.2. The van der Waals surface area contributed by atoms with E-state index < -0.39 is 0 Å². The average molecular weight is 393 g/mol. The minimum absolute atomic E-state index is 0.0380. The lowest BCUT2D eigenvalue weighted by Gasteiger charge is -2.10. The number of ketones is 1. The van der Waals surface area contributed by atoms with Gasteiger partial charge in [0.15, 0.2) is 18.2 Å². The zero-order chi connectivity index (χ0) is 20.8. The van der Waals surface area contributed by atoms with Crippen molar-refractivity contribution in [3.05, 3.63) is 121 Å². The molecular weight excluding hydrogens is 372 g/mol. The third-order valence-electron chi connectivity index (χ3n) is 4.80. The maximum Gasteiger partial charge on any atom is 0.290 e. The molecule has 1 N–H and O–H groups in total. The van der Waals surface area contributed by atoms with Crippen molar-refractivity contribution < 1.29 is 14.2 Å². The number of hydrogen-bond acceptors (Lipinski definition) is 2. The molecule has 0 saturated carbocycles. The number of amides is 1. The monoisotopic (exact) mass is 393 g/mol.